The van der Waals surface area contributed by atoms with Crippen LogP contribution in [0.4, 0.5) is 27.9 Å². The lowest BCUT2D eigenvalue weighted by atomic mass is 10.1. The Morgan fingerprint density at radius 2 is 1.68 bits per heavy atom. The van der Waals surface area contributed by atoms with Gasteiger partial charge in [0.2, 0.25) is 5.95 Å². The fraction of sp³-hybridized carbons (Fsp3) is 0.343. The second kappa shape index (κ2) is 14.3. The third-order valence-electron chi connectivity index (χ3n) is 7.71. The largest absolute Gasteiger partial charge is 0.491 e. The Bertz CT molecular complexity index is 1550. The van der Waals surface area contributed by atoms with Gasteiger partial charge < -0.3 is 24.8 Å². The van der Waals surface area contributed by atoms with Crippen LogP contribution in [-0.4, -0.2) is 58.4 Å². The molecule has 230 valence electrons. The van der Waals surface area contributed by atoms with Gasteiger partial charge in [0.25, 0.3) is 0 Å². The second-order valence-electron chi connectivity index (χ2n) is 11.4. The summed E-state index contributed by atoms with van der Waals surface area (Å²) in [5.41, 5.74) is 5.15. The number of ether oxygens (including phenoxy) is 2. The topological polar surface area (TPSA) is 100 Å². The van der Waals surface area contributed by atoms with E-state index in [-0.39, 0.29) is 6.61 Å². The summed E-state index contributed by atoms with van der Waals surface area (Å²) in [6, 6.07) is 20.7. The van der Waals surface area contributed by atoms with Crippen LogP contribution >= 0.6 is 0 Å². The number of piperidine rings is 1. The highest BCUT2D eigenvalue weighted by Crippen LogP contribution is 2.31. The van der Waals surface area contributed by atoms with E-state index in [1.165, 1.54) is 24.2 Å². The van der Waals surface area contributed by atoms with E-state index in [4.69, 9.17) is 9.47 Å². The molecule has 2 heterocycles. The summed E-state index contributed by atoms with van der Waals surface area (Å²) in [5.74, 6) is 1.88. The SMILES string of the molecule is Cc1ccc(N(C(=O)Oc2c(C)cccc2C)c2ccnc(Nc3ccc(OCC(O)CN4CCCCC4)cc3)n2)c(C)c1. The van der Waals surface area contributed by atoms with Gasteiger partial charge in [-0.25, -0.2) is 14.7 Å². The third kappa shape index (κ3) is 7.92. The van der Waals surface area contributed by atoms with Crippen LogP contribution in [0.2, 0.25) is 0 Å². The first-order chi connectivity index (χ1) is 21.3. The summed E-state index contributed by atoms with van der Waals surface area (Å²) in [6.07, 6.45) is 4.15. The number of nitrogens with one attached hydrogen (secondary N) is 1. The molecule has 0 bridgehead atoms. The molecule has 1 amide bonds. The highest BCUT2D eigenvalue weighted by molar-refractivity contribution is 5.97. The van der Waals surface area contributed by atoms with E-state index in [0.29, 0.717) is 35.5 Å². The molecule has 1 aliphatic rings. The number of benzene rings is 3. The van der Waals surface area contributed by atoms with E-state index in [1.807, 2.05) is 88.4 Å². The molecule has 0 saturated carbocycles. The number of likely N-dealkylation sites (tertiary alicyclic amines) is 1. The number of nitrogens with zero attached hydrogens (tertiary/aromatic N) is 4. The van der Waals surface area contributed by atoms with Gasteiger partial charge in [-0.2, -0.15) is 4.98 Å². The molecule has 1 aliphatic heterocycles. The Morgan fingerprint density at radius 1 is 0.955 bits per heavy atom. The molecule has 9 heteroatoms. The first-order valence-corrected chi connectivity index (χ1v) is 15.2. The molecule has 0 aliphatic carbocycles. The lowest BCUT2D eigenvalue weighted by Crippen LogP contribution is -2.38. The molecule has 1 unspecified atom stereocenters. The second-order valence-corrected chi connectivity index (χ2v) is 11.4. The van der Waals surface area contributed by atoms with Gasteiger partial charge in [-0.15, -0.1) is 0 Å². The van der Waals surface area contributed by atoms with Crippen LogP contribution in [0, 0.1) is 27.7 Å². The number of carbonyl (C=O) groups excluding carboxylic acids is 1. The number of β-amino-alcohol motifs (C(OH)–C–C–N with tert-alkyl or cyclic N) is 1. The minimum Gasteiger partial charge on any atom is -0.491 e. The van der Waals surface area contributed by atoms with Crippen LogP contribution in [0.3, 0.4) is 0 Å². The summed E-state index contributed by atoms with van der Waals surface area (Å²) in [5, 5.41) is 13.6. The molecule has 1 aromatic heterocycles. The molecule has 2 N–H and O–H groups in total. The first kappa shape index (κ1) is 31.0. The zero-order valence-corrected chi connectivity index (χ0v) is 25.9. The van der Waals surface area contributed by atoms with E-state index in [9.17, 15) is 9.90 Å². The molecule has 4 aromatic rings. The zero-order chi connectivity index (χ0) is 31.1. The predicted octanol–water partition coefficient (Wildman–Crippen LogP) is 7.02. The molecule has 0 spiro atoms. The number of aryl methyl sites for hydroxylation is 4. The average molecular weight is 596 g/mol. The number of rotatable bonds is 10. The van der Waals surface area contributed by atoms with Crippen molar-refractivity contribution in [3.8, 4) is 11.5 Å². The summed E-state index contributed by atoms with van der Waals surface area (Å²) in [4.78, 5) is 26.6. The van der Waals surface area contributed by atoms with Crippen molar-refractivity contribution in [2.45, 2.75) is 53.1 Å². The van der Waals surface area contributed by atoms with Gasteiger partial charge in [0, 0.05) is 24.5 Å². The molecule has 5 rings (SSSR count). The molecule has 1 fully saturated rings. The highest BCUT2D eigenvalue weighted by atomic mass is 16.6. The minimum absolute atomic E-state index is 0.237. The minimum atomic E-state index is -0.567. The quantitative estimate of drug-likeness (QED) is 0.202. The molecule has 0 radical (unpaired) electrons. The van der Waals surface area contributed by atoms with E-state index in [0.717, 1.165) is 41.0 Å². The van der Waals surface area contributed by atoms with Crippen molar-refractivity contribution < 1.29 is 19.4 Å². The highest BCUT2D eigenvalue weighted by Gasteiger charge is 2.25. The molecule has 3 aromatic carbocycles. The molecular weight excluding hydrogens is 554 g/mol. The smallest absolute Gasteiger partial charge is 0.425 e. The Morgan fingerprint density at radius 3 is 2.39 bits per heavy atom. The zero-order valence-electron chi connectivity index (χ0n) is 25.9. The van der Waals surface area contributed by atoms with Crippen molar-refractivity contribution in [2.75, 3.05) is 36.5 Å². The van der Waals surface area contributed by atoms with Gasteiger partial charge in [0.1, 0.15) is 30.0 Å². The average Bonchev–Trinajstić information content (AvgIpc) is 3.01. The number of hydrogen-bond acceptors (Lipinski definition) is 8. The van der Waals surface area contributed by atoms with Crippen molar-refractivity contribution in [3.63, 3.8) is 0 Å². The number of anilines is 4. The van der Waals surface area contributed by atoms with E-state index < -0.39 is 12.2 Å². The van der Waals surface area contributed by atoms with Crippen molar-refractivity contribution in [1.29, 1.82) is 0 Å². The third-order valence-corrected chi connectivity index (χ3v) is 7.71. The fourth-order valence-electron chi connectivity index (χ4n) is 5.45. The number of para-hydroxylation sites is 1. The van der Waals surface area contributed by atoms with Gasteiger partial charge >= 0.3 is 6.09 Å². The first-order valence-electron chi connectivity index (χ1n) is 15.2. The Kier molecular flexibility index (Phi) is 10.1. The van der Waals surface area contributed by atoms with Gasteiger partial charge in [-0.3, -0.25) is 0 Å². The van der Waals surface area contributed by atoms with Crippen LogP contribution < -0.4 is 19.7 Å². The van der Waals surface area contributed by atoms with Crippen LogP contribution in [0.1, 0.15) is 41.5 Å². The summed E-state index contributed by atoms with van der Waals surface area (Å²) < 4.78 is 11.8. The van der Waals surface area contributed by atoms with Crippen molar-refractivity contribution >= 4 is 29.2 Å². The number of aliphatic hydroxyl groups is 1. The van der Waals surface area contributed by atoms with Crippen molar-refractivity contribution in [2.24, 2.45) is 0 Å². The maximum Gasteiger partial charge on any atom is 0.425 e. The van der Waals surface area contributed by atoms with E-state index in [2.05, 4.69) is 20.2 Å². The lowest BCUT2D eigenvalue weighted by Gasteiger charge is -2.28. The Hall–Kier alpha value is -4.47. The Labute approximate surface area is 259 Å². The van der Waals surface area contributed by atoms with Crippen LogP contribution in [-0.2, 0) is 0 Å². The van der Waals surface area contributed by atoms with Gasteiger partial charge in [-0.05, 0) is 101 Å². The normalized spacial score (nSPS) is 14.1. The number of hydrogen-bond donors (Lipinski definition) is 2. The number of aromatic nitrogens is 2. The number of amides is 1. The van der Waals surface area contributed by atoms with Gasteiger partial charge in [0.15, 0.2) is 0 Å². The van der Waals surface area contributed by atoms with Crippen LogP contribution in [0.15, 0.2) is 72.9 Å². The Balaban J connectivity index is 1.30. The standard InChI is InChI=1S/C35H41N5O4/c1-24-11-16-31(27(4)21-24)40(35(42)44-33-25(2)9-8-10-26(33)3)32-17-18-36-34(38-32)37-28-12-14-30(15-13-28)43-23-29(41)22-39-19-6-5-7-20-39/h8-18,21,29,41H,5-7,19-20,22-23H2,1-4H3,(H,36,37,38). The van der Waals surface area contributed by atoms with Gasteiger partial charge in [0.05, 0.1) is 5.69 Å². The molecule has 44 heavy (non-hydrogen) atoms. The molecule has 9 nitrogen and oxygen atoms in total. The molecular formula is C35H41N5O4. The van der Waals surface area contributed by atoms with E-state index >= 15 is 0 Å². The maximum absolute atomic E-state index is 13.8. The van der Waals surface area contributed by atoms with E-state index in [1.54, 1.807) is 12.3 Å². The number of carbonyl (C=O) groups is 1. The summed E-state index contributed by atoms with van der Waals surface area (Å²) >= 11 is 0. The van der Waals surface area contributed by atoms with Crippen molar-refractivity contribution in [3.05, 3.63) is 95.2 Å². The molecule has 1 atom stereocenters. The number of aliphatic hydroxyl groups excluding tert-OH is 1. The van der Waals surface area contributed by atoms with Crippen molar-refractivity contribution in [1.82, 2.24) is 14.9 Å². The van der Waals surface area contributed by atoms with Crippen LogP contribution in [0.25, 0.3) is 0 Å². The lowest BCUT2D eigenvalue weighted by molar-refractivity contribution is 0.0617. The molecule has 1 saturated heterocycles. The fourth-order valence-corrected chi connectivity index (χ4v) is 5.45. The summed E-state index contributed by atoms with van der Waals surface area (Å²) in [7, 11) is 0. The monoisotopic (exact) mass is 595 g/mol. The predicted molar refractivity (Wildman–Crippen MR) is 174 cm³/mol. The summed E-state index contributed by atoms with van der Waals surface area (Å²) in [6.45, 7) is 10.7. The van der Waals surface area contributed by atoms with Gasteiger partial charge in [-0.1, -0.05) is 42.3 Å². The van der Waals surface area contributed by atoms with Crippen LogP contribution in [0.5, 0.6) is 11.5 Å². The maximum atomic E-state index is 13.8.